The van der Waals surface area contributed by atoms with E-state index in [-0.39, 0.29) is 16.1 Å². The van der Waals surface area contributed by atoms with Crippen LogP contribution in [0.15, 0.2) is 18.2 Å². The molecule has 0 radical (unpaired) electrons. The van der Waals surface area contributed by atoms with Crippen LogP contribution in [0.4, 0.5) is 11.4 Å². The van der Waals surface area contributed by atoms with Crippen molar-refractivity contribution >= 4 is 46.6 Å². The van der Waals surface area contributed by atoms with Gasteiger partial charge in [0.2, 0.25) is 0 Å². The van der Waals surface area contributed by atoms with Crippen LogP contribution < -0.4 is 10.0 Å². The summed E-state index contributed by atoms with van der Waals surface area (Å²) in [4.78, 5) is 32.1. The van der Waals surface area contributed by atoms with E-state index in [1.807, 2.05) is 20.8 Å². The lowest BCUT2D eigenvalue weighted by Gasteiger charge is -2.17. The van der Waals surface area contributed by atoms with Gasteiger partial charge >= 0.3 is 0 Å². The average molecular weight is 372 g/mol. The second-order valence-corrected chi connectivity index (χ2v) is 7.18. The molecule has 1 amide bonds. The van der Waals surface area contributed by atoms with Crippen LogP contribution in [0.2, 0.25) is 0 Å². The molecule has 0 bridgehead atoms. The van der Waals surface area contributed by atoms with Gasteiger partial charge in [0, 0.05) is 17.9 Å². The van der Waals surface area contributed by atoms with Gasteiger partial charge in [0.1, 0.15) is 0 Å². The van der Waals surface area contributed by atoms with Crippen LogP contribution >= 0.6 is 24.2 Å². The van der Waals surface area contributed by atoms with Crippen LogP contribution in [-0.4, -0.2) is 26.6 Å². The Kier molecular flexibility index (Phi) is 6.60. The highest BCUT2D eigenvalue weighted by Gasteiger charge is 2.20. The maximum absolute atomic E-state index is 12.1. The zero-order valence-electron chi connectivity index (χ0n) is 13.2. The first kappa shape index (κ1) is 19.8. The quantitative estimate of drug-likeness (QED) is 0.349. The summed E-state index contributed by atoms with van der Waals surface area (Å²) in [5.41, 5.74) is -1.26. The van der Waals surface area contributed by atoms with Crippen LogP contribution in [0.5, 0.6) is 0 Å². The first-order chi connectivity index (χ1) is 11.0. The molecule has 1 aromatic carbocycles. The van der Waals surface area contributed by atoms with Crippen molar-refractivity contribution in [3.8, 4) is 0 Å². The molecule has 24 heavy (non-hydrogen) atoms. The van der Waals surface area contributed by atoms with Crippen LogP contribution in [0, 0.1) is 25.6 Å². The Bertz CT molecular complexity index is 655. The maximum atomic E-state index is 12.1. The Morgan fingerprint density at radius 1 is 1.17 bits per heavy atom. The fraction of sp³-hybridized carbons (Fsp3) is 0.385. The average Bonchev–Trinajstić information content (AvgIpc) is 2.45. The summed E-state index contributed by atoms with van der Waals surface area (Å²) < 4.78 is 2.76. The predicted molar refractivity (Wildman–Crippen MR) is 94.9 cm³/mol. The highest BCUT2D eigenvalue weighted by molar-refractivity contribution is 7.99. The van der Waals surface area contributed by atoms with E-state index in [1.54, 1.807) is 0 Å². The molecule has 0 atom stereocenters. The zero-order valence-corrected chi connectivity index (χ0v) is 14.8. The van der Waals surface area contributed by atoms with Gasteiger partial charge in [-0.1, -0.05) is 32.7 Å². The fourth-order valence-electron chi connectivity index (χ4n) is 1.46. The van der Waals surface area contributed by atoms with Crippen molar-refractivity contribution in [3.05, 3.63) is 44.0 Å². The SMILES string of the molecule is CC(C)(C)CSNC(=S)NC(=O)c1cc([N+](=O)[O-])cc([N+](=O)[O-])c1. The summed E-state index contributed by atoms with van der Waals surface area (Å²) in [5.74, 6) is -0.0404. The van der Waals surface area contributed by atoms with E-state index in [9.17, 15) is 25.0 Å². The molecule has 0 aromatic heterocycles. The number of hydrogen-bond donors (Lipinski definition) is 2. The monoisotopic (exact) mass is 372 g/mol. The number of nitro benzene ring substituents is 2. The summed E-state index contributed by atoms with van der Waals surface area (Å²) in [5, 5.41) is 24.0. The van der Waals surface area contributed by atoms with Gasteiger partial charge in [-0.3, -0.25) is 30.3 Å². The summed E-state index contributed by atoms with van der Waals surface area (Å²) in [6.45, 7) is 6.10. The minimum Gasteiger partial charge on any atom is -0.307 e. The number of carbonyl (C=O) groups is 1. The third-order valence-corrected chi connectivity index (χ3v) is 4.18. The molecular formula is C13H16N4O5S2. The summed E-state index contributed by atoms with van der Waals surface area (Å²) in [6, 6.07) is 2.69. The smallest absolute Gasteiger partial charge is 0.277 e. The van der Waals surface area contributed by atoms with Crippen molar-refractivity contribution in [1.82, 2.24) is 10.0 Å². The standard InChI is InChI=1S/C13H16N4O5S2/c1-13(2,3)7-24-15-12(23)14-11(18)8-4-9(16(19)20)6-10(5-8)17(21)22/h4-6H,7H2,1-3H3,(H2,14,15,18,23). The summed E-state index contributed by atoms with van der Waals surface area (Å²) in [7, 11) is 0. The first-order valence-corrected chi connectivity index (χ1v) is 8.06. The Hall–Kier alpha value is -2.27. The highest BCUT2D eigenvalue weighted by atomic mass is 32.2. The molecule has 0 aliphatic carbocycles. The van der Waals surface area contributed by atoms with Crippen molar-refractivity contribution in [1.29, 1.82) is 0 Å². The Labute approximate surface area is 147 Å². The van der Waals surface area contributed by atoms with Crippen LogP contribution in [0.3, 0.4) is 0 Å². The van der Waals surface area contributed by atoms with Gasteiger partial charge in [0.15, 0.2) is 5.11 Å². The molecule has 0 saturated carbocycles. The summed E-state index contributed by atoms with van der Waals surface area (Å²) >= 11 is 6.25. The van der Waals surface area contributed by atoms with Crippen molar-refractivity contribution < 1.29 is 14.6 Å². The summed E-state index contributed by atoms with van der Waals surface area (Å²) in [6.07, 6.45) is 0. The first-order valence-electron chi connectivity index (χ1n) is 6.66. The van der Waals surface area contributed by atoms with Gasteiger partial charge in [0.05, 0.1) is 21.5 Å². The third-order valence-electron chi connectivity index (χ3n) is 2.48. The Morgan fingerprint density at radius 2 is 1.67 bits per heavy atom. The van der Waals surface area contributed by atoms with Crippen molar-refractivity contribution in [3.63, 3.8) is 0 Å². The van der Waals surface area contributed by atoms with Gasteiger partial charge in [-0.2, -0.15) is 0 Å². The predicted octanol–water partition coefficient (Wildman–Crippen LogP) is 2.80. The number of benzene rings is 1. The molecule has 0 saturated heterocycles. The number of carbonyl (C=O) groups excluding carboxylic acids is 1. The number of rotatable bonds is 5. The van der Waals surface area contributed by atoms with Gasteiger partial charge in [-0.25, -0.2) is 0 Å². The fourth-order valence-corrected chi connectivity index (χ4v) is 2.41. The van der Waals surface area contributed by atoms with Gasteiger partial charge in [-0.15, -0.1) is 0 Å². The van der Waals surface area contributed by atoms with Crippen molar-refractivity contribution in [2.75, 3.05) is 5.75 Å². The molecule has 0 aliphatic rings. The van der Waals surface area contributed by atoms with Crippen LogP contribution in [0.1, 0.15) is 31.1 Å². The Morgan fingerprint density at radius 3 is 2.08 bits per heavy atom. The number of nitro groups is 2. The van der Waals surface area contributed by atoms with Gasteiger partial charge < -0.3 is 4.72 Å². The van der Waals surface area contributed by atoms with E-state index in [1.165, 1.54) is 11.9 Å². The van der Waals surface area contributed by atoms with E-state index in [4.69, 9.17) is 12.2 Å². The van der Waals surface area contributed by atoms with Crippen molar-refractivity contribution in [2.24, 2.45) is 5.41 Å². The maximum Gasteiger partial charge on any atom is 0.277 e. The molecule has 0 spiro atoms. The molecule has 1 aromatic rings. The molecule has 0 aliphatic heterocycles. The number of thiocarbonyl (C=S) groups is 1. The highest BCUT2D eigenvalue weighted by Crippen LogP contribution is 2.22. The normalized spacial score (nSPS) is 10.8. The molecule has 0 heterocycles. The number of nitrogens with one attached hydrogen (secondary N) is 2. The van der Waals surface area contributed by atoms with E-state index >= 15 is 0 Å². The molecule has 9 nitrogen and oxygen atoms in total. The molecule has 11 heteroatoms. The van der Waals surface area contributed by atoms with Crippen molar-refractivity contribution in [2.45, 2.75) is 20.8 Å². The number of hydrogen-bond acceptors (Lipinski definition) is 7. The molecule has 0 fully saturated rings. The zero-order chi connectivity index (χ0) is 18.5. The number of non-ortho nitro benzene ring substituents is 2. The lowest BCUT2D eigenvalue weighted by atomic mass is 10.0. The second kappa shape index (κ2) is 8.02. The largest absolute Gasteiger partial charge is 0.307 e. The minimum atomic E-state index is -0.806. The second-order valence-electron chi connectivity index (χ2n) is 5.99. The lowest BCUT2D eigenvalue weighted by Crippen LogP contribution is -2.36. The van der Waals surface area contributed by atoms with Gasteiger partial charge in [-0.05, 0) is 17.6 Å². The Balaban J connectivity index is 2.82. The molecule has 130 valence electrons. The van der Waals surface area contributed by atoms with Gasteiger partial charge in [0.25, 0.3) is 17.3 Å². The lowest BCUT2D eigenvalue weighted by molar-refractivity contribution is -0.394. The van der Waals surface area contributed by atoms with E-state index in [2.05, 4.69) is 10.0 Å². The minimum absolute atomic E-state index is 0.0170. The molecule has 1 rings (SSSR count). The van der Waals surface area contributed by atoms with Crippen LogP contribution in [-0.2, 0) is 0 Å². The number of amides is 1. The molecular weight excluding hydrogens is 356 g/mol. The number of nitrogens with zero attached hydrogens (tertiary/aromatic N) is 2. The molecule has 0 unspecified atom stereocenters. The van der Waals surface area contributed by atoms with Crippen LogP contribution in [0.25, 0.3) is 0 Å². The molecule has 2 N–H and O–H groups in total. The van der Waals surface area contributed by atoms with E-state index in [0.29, 0.717) is 0 Å². The topological polar surface area (TPSA) is 127 Å². The van der Waals surface area contributed by atoms with E-state index < -0.39 is 27.1 Å². The van der Waals surface area contributed by atoms with E-state index in [0.717, 1.165) is 24.0 Å². The third kappa shape index (κ3) is 6.46.